The minimum absolute atomic E-state index is 0.401. The number of benzene rings is 1. The highest BCUT2D eigenvalue weighted by atomic mass is 79.9. The summed E-state index contributed by atoms with van der Waals surface area (Å²) in [5.41, 5.74) is 1.09. The first-order valence-corrected chi connectivity index (χ1v) is 7.91. The van der Waals surface area contributed by atoms with Crippen LogP contribution in [0.15, 0.2) is 24.3 Å². The normalized spacial score (nSPS) is 11.3. The Morgan fingerprint density at radius 3 is 2.23 bits per heavy atom. The molecular weight excluding hydrogens is 298 g/mol. The first-order chi connectivity index (χ1) is 6.01. The second kappa shape index (κ2) is 4.70. The van der Waals surface area contributed by atoms with Gasteiger partial charge in [0, 0.05) is 27.8 Å². The highest BCUT2D eigenvalue weighted by molar-refractivity contribution is 9.08. The van der Waals surface area contributed by atoms with Gasteiger partial charge in [-0.2, -0.15) is 0 Å². The Balaban J connectivity index is 2.76. The van der Waals surface area contributed by atoms with Gasteiger partial charge in [-0.05, 0) is 17.7 Å². The van der Waals surface area contributed by atoms with Crippen molar-refractivity contribution in [3.8, 4) is 5.75 Å². The van der Waals surface area contributed by atoms with Gasteiger partial charge < -0.3 is 4.52 Å². The van der Waals surface area contributed by atoms with Crippen LogP contribution in [0.4, 0.5) is 0 Å². The van der Waals surface area contributed by atoms with Gasteiger partial charge in [0.05, 0.1) is 0 Å². The molecule has 0 saturated heterocycles. The smallest absolute Gasteiger partial charge is 0.422 e. The second-order valence-electron chi connectivity index (χ2n) is 2.28. The third-order valence-electron chi connectivity index (χ3n) is 1.29. The van der Waals surface area contributed by atoms with Gasteiger partial charge in [-0.15, -0.1) is 0 Å². The topological polar surface area (TPSA) is 26.3 Å². The van der Waals surface area contributed by atoms with E-state index in [4.69, 9.17) is 27.0 Å². The average Bonchev–Trinajstić information content (AvgIpc) is 2.03. The van der Waals surface area contributed by atoms with Crippen LogP contribution in [0.2, 0.25) is 0 Å². The minimum atomic E-state index is -3.48. The molecule has 0 atom stereocenters. The lowest BCUT2D eigenvalue weighted by Gasteiger charge is -2.05. The molecule has 0 radical (unpaired) electrons. The quantitative estimate of drug-likeness (QED) is 0.605. The SMILES string of the molecule is O=P(Cl)(Cl)Oc1ccc(CBr)cc1. The predicted octanol–water partition coefficient (Wildman–Crippen LogP) is 4.55. The number of hydrogen-bond donors (Lipinski definition) is 0. The van der Waals surface area contributed by atoms with E-state index in [0.29, 0.717) is 5.75 Å². The van der Waals surface area contributed by atoms with E-state index in [-0.39, 0.29) is 0 Å². The van der Waals surface area contributed by atoms with E-state index in [1.54, 1.807) is 12.1 Å². The van der Waals surface area contributed by atoms with Gasteiger partial charge in [-0.25, -0.2) is 4.57 Å². The molecule has 0 heterocycles. The van der Waals surface area contributed by atoms with Crippen molar-refractivity contribution in [2.45, 2.75) is 5.33 Å². The van der Waals surface area contributed by atoms with Gasteiger partial charge in [0.15, 0.2) is 0 Å². The van der Waals surface area contributed by atoms with Crippen molar-refractivity contribution in [1.82, 2.24) is 0 Å². The van der Waals surface area contributed by atoms with Gasteiger partial charge in [0.25, 0.3) is 0 Å². The van der Waals surface area contributed by atoms with Crippen molar-refractivity contribution < 1.29 is 9.09 Å². The molecule has 0 amide bonds. The molecule has 0 N–H and O–H groups in total. The highest BCUT2D eigenvalue weighted by Crippen LogP contribution is 2.57. The van der Waals surface area contributed by atoms with Gasteiger partial charge in [0.2, 0.25) is 0 Å². The summed E-state index contributed by atoms with van der Waals surface area (Å²) in [6.07, 6.45) is -3.48. The Hall–Kier alpha value is 0.310. The molecule has 0 unspecified atom stereocenters. The lowest BCUT2D eigenvalue weighted by atomic mass is 10.2. The highest BCUT2D eigenvalue weighted by Gasteiger charge is 2.15. The van der Waals surface area contributed by atoms with Gasteiger partial charge in [-0.3, -0.25) is 0 Å². The number of halogens is 3. The molecule has 0 saturated carbocycles. The Morgan fingerprint density at radius 1 is 1.31 bits per heavy atom. The van der Waals surface area contributed by atoms with Crippen molar-refractivity contribution in [2.24, 2.45) is 0 Å². The van der Waals surface area contributed by atoms with Crippen molar-refractivity contribution in [1.29, 1.82) is 0 Å². The van der Waals surface area contributed by atoms with Crippen LogP contribution in [0.25, 0.3) is 0 Å². The van der Waals surface area contributed by atoms with Crippen LogP contribution in [0, 0.1) is 0 Å². The van der Waals surface area contributed by atoms with Crippen LogP contribution in [-0.4, -0.2) is 0 Å². The fraction of sp³-hybridized carbons (Fsp3) is 0.143. The zero-order valence-electron chi connectivity index (χ0n) is 6.41. The van der Waals surface area contributed by atoms with Crippen LogP contribution in [0.1, 0.15) is 5.56 Å². The summed E-state index contributed by atoms with van der Waals surface area (Å²) < 4.78 is 15.6. The number of rotatable bonds is 3. The van der Waals surface area contributed by atoms with Crippen molar-refractivity contribution >= 4 is 44.5 Å². The third kappa shape index (κ3) is 4.37. The van der Waals surface area contributed by atoms with Crippen LogP contribution in [0.3, 0.4) is 0 Å². The average molecular weight is 304 g/mol. The molecule has 13 heavy (non-hydrogen) atoms. The summed E-state index contributed by atoms with van der Waals surface area (Å²) in [7, 11) is 0. The molecule has 0 aliphatic carbocycles. The monoisotopic (exact) mass is 302 g/mol. The summed E-state index contributed by atoms with van der Waals surface area (Å²) in [6, 6.07) is 6.98. The molecule has 0 aliphatic heterocycles. The van der Waals surface area contributed by atoms with E-state index in [0.717, 1.165) is 10.9 Å². The molecule has 0 spiro atoms. The van der Waals surface area contributed by atoms with Crippen LogP contribution in [-0.2, 0) is 9.90 Å². The molecule has 1 aromatic carbocycles. The summed E-state index contributed by atoms with van der Waals surface area (Å²) in [5.74, 6) is 0.401. The second-order valence-corrected chi connectivity index (χ2v) is 7.04. The first kappa shape index (κ1) is 11.4. The molecular formula is C7H6BrCl2O2P. The Labute approximate surface area is 94.3 Å². The minimum Gasteiger partial charge on any atom is -0.422 e. The number of alkyl halides is 1. The van der Waals surface area contributed by atoms with Crippen LogP contribution in [0.5, 0.6) is 5.75 Å². The first-order valence-electron chi connectivity index (χ1n) is 3.35. The molecule has 2 nitrogen and oxygen atoms in total. The third-order valence-corrected chi connectivity index (χ3v) is 2.77. The molecule has 6 heteroatoms. The van der Waals surface area contributed by atoms with Crippen molar-refractivity contribution in [3.63, 3.8) is 0 Å². The summed E-state index contributed by atoms with van der Waals surface area (Å²) in [5, 5.41) is 0.757. The van der Waals surface area contributed by atoms with Crippen molar-refractivity contribution in [2.75, 3.05) is 0 Å². The lowest BCUT2D eigenvalue weighted by molar-refractivity contribution is 0.513. The molecule has 72 valence electrons. The zero-order valence-corrected chi connectivity index (χ0v) is 10.4. The maximum atomic E-state index is 10.8. The molecule has 0 aromatic heterocycles. The molecule has 1 rings (SSSR count). The summed E-state index contributed by atoms with van der Waals surface area (Å²) >= 11 is 13.8. The van der Waals surface area contributed by atoms with Gasteiger partial charge >= 0.3 is 6.07 Å². The maximum absolute atomic E-state index is 10.8. The Kier molecular flexibility index (Phi) is 4.11. The zero-order chi connectivity index (χ0) is 9.90. The Bertz CT molecular complexity index is 322. The van der Waals surface area contributed by atoms with E-state index < -0.39 is 6.07 Å². The molecule has 0 bridgehead atoms. The van der Waals surface area contributed by atoms with Crippen LogP contribution >= 0.6 is 44.5 Å². The fourth-order valence-corrected chi connectivity index (χ4v) is 1.98. The van der Waals surface area contributed by atoms with Crippen LogP contribution < -0.4 is 4.52 Å². The molecule has 1 aromatic rings. The van der Waals surface area contributed by atoms with E-state index in [1.165, 1.54) is 0 Å². The van der Waals surface area contributed by atoms with E-state index in [9.17, 15) is 4.57 Å². The summed E-state index contributed by atoms with van der Waals surface area (Å²) in [4.78, 5) is 0. The summed E-state index contributed by atoms with van der Waals surface area (Å²) in [6.45, 7) is 0. The Morgan fingerprint density at radius 2 is 1.85 bits per heavy atom. The van der Waals surface area contributed by atoms with E-state index in [2.05, 4.69) is 15.9 Å². The number of hydrogen-bond acceptors (Lipinski definition) is 2. The molecule has 0 fully saturated rings. The van der Waals surface area contributed by atoms with E-state index in [1.807, 2.05) is 12.1 Å². The fourth-order valence-electron chi connectivity index (χ4n) is 0.762. The van der Waals surface area contributed by atoms with E-state index >= 15 is 0 Å². The largest absolute Gasteiger partial charge is 0.428 e. The van der Waals surface area contributed by atoms with Gasteiger partial charge in [0.1, 0.15) is 5.75 Å². The molecule has 0 aliphatic rings. The maximum Gasteiger partial charge on any atom is 0.428 e. The van der Waals surface area contributed by atoms with Gasteiger partial charge in [-0.1, -0.05) is 28.1 Å². The predicted molar refractivity (Wildman–Crippen MR) is 59.0 cm³/mol. The standard InChI is InChI=1S/C7H6BrCl2O2P/c8-5-6-1-3-7(4-2-6)12-13(9,10)11/h1-4H,5H2. The van der Waals surface area contributed by atoms with Crippen molar-refractivity contribution in [3.05, 3.63) is 29.8 Å². The lowest BCUT2D eigenvalue weighted by Crippen LogP contribution is -1.82.